The summed E-state index contributed by atoms with van der Waals surface area (Å²) in [7, 11) is 0. The highest BCUT2D eigenvalue weighted by Gasteiger charge is 2.56. The summed E-state index contributed by atoms with van der Waals surface area (Å²) in [6.45, 7) is 4.71. The molecule has 2 aromatic heterocycles. The fourth-order valence-electron chi connectivity index (χ4n) is 4.04. The van der Waals surface area contributed by atoms with Crippen molar-refractivity contribution >= 4 is 0 Å². The predicted molar refractivity (Wildman–Crippen MR) is 84.5 cm³/mol. The lowest BCUT2D eigenvalue weighted by Gasteiger charge is -2.17. The smallest absolute Gasteiger partial charge is 0.141 e. The number of hydrogen-bond donors (Lipinski definition) is 1. The lowest BCUT2D eigenvalue weighted by atomic mass is 9.97. The Bertz CT molecular complexity index is 862. The monoisotopic (exact) mass is 307 g/mol. The Morgan fingerprint density at radius 3 is 2.87 bits per heavy atom. The van der Waals surface area contributed by atoms with Gasteiger partial charge in [-0.3, -0.25) is 0 Å². The van der Waals surface area contributed by atoms with Crippen LogP contribution in [0.1, 0.15) is 34.5 Å². The van der Waals surface area contributed by atoms with Crippen molar-refractivity contribution in [3.05, 3.63) is 53.4 Å². The topological polar surface area (TPSA) is 63.9 Å². The highest BCUT2D eigenvalue weighted by atomic mass is 16.5. The fourth-order valence-corrected chi connectivity index (χ4v) is 4.04. The molecule has 0 saturated heterocycles. The molecule has 1 aliphatic heterocycles. The minimum absolute atomic E-state index is 0.461. The number of rotatable bonds is 2. The van der Waals surface area contributed by atoms with Crippen LogP contribution in [0.4, 0.5) is 0 Å². The van der Waals surface area contributed by atoms with Gasteiger partial charge in [0.1, 0.15) is 11.5 Å². The highest BCUT2D eigenvalue weighted by Crippen LogP contribution is 2.64. The van der Waals surface area contributed by atoms with Crippen LogP contribution in [-0.2, 0) is 0 Å². The summed E-state index contributed by atoms with van der Waals surface area (Å²) in [5.74, 6) is 3.35. The molecular formula is C18H17N3O2. The zero-order chi connectivity index (χ0) is 15.6. The van der Waals surface area contributed by atoms with Crippen LogP contribution in [0.2, 0.25) is 0 Å². The van der Waals surface area contributed by atoms with Crippen molar-refractivity contribution in [3.8, 4) is 16.9 Å². The second kappa shape index (κ2) is 4.47. The Morgan fingerprint density at radius 1 is 1.22 bits per heavy atom. The largest absolute Gasteiger partial charge is 0.493 e. The molecule has 116 valence electrons. The van der Waals surface area contributed by atoms with Gasteiger partial charge in [0.25, 0.3) is 0 Å². The van der Waals surface area contributed by atoms with E-state index in [1.54, 1.807) is 6.33 Å². The zero-order valence-electron chi connectivity index (χ0n) is 13.0. The molecule has 1 saturated carbocycles. The number of aromatic amines is 1. The Morgan fingerprint density at radius 2 is 2.13 bits per heavy atom. The van der Waals surface area contributed by atoms with Gasteiger partial charge in [-0.15, -0.1) is 0 Å². The molecule has 1 N–H and O–H groups in total. The van der Waals surface area contributed by atoms with E-state index in [9.17, 15) is 0 Å². The Hall–Kier alpha value is -2.56. The Balaban J connectivity index is 1.58. The number of fused-ring (bicyclic) bond motifs is 3. The van der Waals surface area contributed by atoms with Gasteiger partial charge < -0.3 is 14.2 Å². The van der Waals surface area contributed by atoms with E-state index in [0.717, 1.165) is 40.6 Å². The number of imidazole rings is 1. The first kappa shape index (κ1) is 12.9. The summed E-state index contributed by atoms with van der Waals surface area (Å²) < 4.78 is 11.3. The molecule has 0 amide bonds. The van der Waals surface area contributed by atoms with Crippen LogP contribution in [0, 0.1) is 19.8 Å². The van der Waals surface area contributed by atoms with Crippen LogP contribution in [0.3, 0.4) is 0 Å². The van der Waals surface area contributed by atoms with Gasteiger partial charge in [0.05, 0.1) is 24.3 Å². The van der Waals surface area contributed by atoms with E-state index in [4.69, 9.17) is 9.26 Å². The number of H-pyrrole nitrogens is 1. The predicted octanol–water partition coefficient (Wildman–Crippen LogP) is 3.57. The van der Waals surface area contributed by atoms with Crippen molar-refractivity contribution in [3.63, 3.8) is 0 Å². The van der Waals surface area contributed by atoms with E-state index in [1.807, 2.05) is 20.0 Å². The summed E-state index contributed by atoms with van der Waals surface area (Å²) in [4.78, 5) is 7.50. The van der Waals surface area contributed by atoms with Gasteiger partial charge in [0.15, 0.2) is 0 Å². The molecular weight excluding hydrogens is 290 g/mol. The first-order valence-corrected chi connectivity index (χ1v) is 7.92. The number of nitrogens with one attached hydrogen (secondary N) is 1. The molecule has 2 aliphatic rings. The molecule has 5 nitrogen and oxygen atoms in total. The van der Waals surface area contributed by atoms with Gasteiger partial charge in [-0.25, -0.2) is 4.98 Å². The van der Waals surface area contributed by atoms with E-state index in [2.05, 4.69) is 33.3 Å². The fraction of sp³-hybridized carbons (Fsp3) is 0.333. The third kappa shape index (κ3) is 1.79. The Kier molecular flexibility index (Phi) is 2.52. The first-order valence-electron chi connectivity index (χ1n) is 7.92. The molecule has 0 spiro atoms. The molecule has 5 rings (SSSR count). The van der Waals surface area contributed by atoms with Gasteiger partial charge in [-0.2, -0.15) is 0 Å². The van der Waals surface area contributed by atoms with E-state index in [-0.39, 0.29) is 0 Å². The standard InChI is InChI=1S/C18H17N3O2/c1-9-16(10(2)23-21-9)11-3-4-15-12(5-11)17-13(7-22-15)18(17)14-6-19-8-20-14/h3-6,8,13,17-18H,7H2,1-2H3,(H,19,20)/t13-,17+,18-/m0/s1. The van der Waals surface area contributed by atoms with Crippen molar-refractivity contribution in [2.24, 2.45) is 5.92 Å². The van der Waals surface area contributed by atoms with Gasteiger partial charge in [-0.1, -0.05) is 11.2 Å². The number of aromatic nitrogens is 3. The molecule has 5 heteroatoms. The maximum absolute atomic E-state index is 5.96. The van der Waals surface area contributed by atoms with E-state index in [0.29, 0.717) is 17.8 Å². The van der Waals surface area contributed by atoms with E-state index >= 15 is 0 Å². The molecule has 23 heavy (non-hydrogen) atoms. The summed E-state index contributed by atoms with van der Waals surface area (Å²) in [5.41, 5.74) is 5.59. The maximum Gasteiger partial charge on any atom is 0.141 e. The third-order valence-electron chi connectivity index (χ3n) is 5.15. The van der Waals surface area contributed by atoms with Crippen LogP contribution in [-0.4, -0.2) is 21.7 Å². The molecule has 0 unspecified atom stereocenters. The number of nitrogens with zero attached hydrogens (tertiary/aromatic N) is 2. The number of benzene rings is 1. The molecule has 3 aromatic rings. The quantitative estimate of drug-likeness (QED) is 0.786. The van der Waals surface area contributed by atoms with Crippen LogP contribution in [0.25, 0.3) is 11.1 Å². The molecule has 1 aliphatic carbocycles. The van der Waals surface area contributed by atoms with Gasteiger partial charge in [0, 0.05) is 29.5 Å². The van der Waals surface area contributed by atoms with E-state index < -0.39 is 0 Å². The SMILES string of the molecule is Cc1noc(C)c1-c1ccc2c(c1)[C@@H]1[C@H](CO2)[C@H]1c1c[nH]cn1. The maximum atomic E-state index is 5.96. The summed E-state index contributed by atoms with van der Waals surface area (Å²) in [6, 6.07) is 6.41. The molecule has 0 bridgehead atoms. The summed E-state index contributed by atoms with van der Waals surface area (Å²) in [6.07, 6.45) is 3.75. The molecule has 0 radical (unpaired) electrons. The minimum Gasteiger partial charge on any atom is -0.493 e. The second-order valence-corrected chi connectivity index (χ2v) is 6.47. The number of hydrogen-bond acceptors (Lipinski definition) is 4. The van der Waals surface area contributed by atoms with Crippen LogP contribution < -0.4 is 4.74 Å². The van der Waals surface area contributed by atoms with Crippen molar-refractivity contribution in [1.82, 2.24) is 15.1 Å². The van der Waals surface area contributed by atoms with Crippen molar-refractivity contribution in [2.75, 3.05) is 6.61 Å². The summed E-state index contributed by atoms with van der Waals surface area (Å²) in [5, 5.41) is 4.07. The molecule has 3 heterocycles. The van der Waals surface area contributed by atoms with Crippen molar-refractivity contribution in [2.45, 2.75) is 25.7 Å². The van der Waals surface area contributed by atoms with Crippen LogP contribution in [0.5, 0.6) is 5.75 Å². The average molecular weight is 307 g/mol. The lowest BCUT2D eigenvalue weighted by Crippen LogP contribution is -2.08. The van der Waals surface area contributed by atoms with Crippen LogP contribution in [0.15, 0.2) is 35.2 Å². The van der Waals surface area contributed by atoms with E-state index in [1.165, 1.54) is 5.56 Å². The third-order valence-corrected chi connectivity index (χ3v) is 5.15. The highest BCUT2D eigenvalue weighted by molar-refractivity contribution is 5.70. The van der Waals surface area contributed by atoms with Gasteiger partial charge >= 0.3 is 0 Å². The van der Waals surface area contributed by atoms with Gasteiger partial charge in [0.2, 0.25) is 0 Å². The van der Waals surface area contributed by atoms with Crippen LogP contribution >= 0.6 is 0 Å². The van der Waals surface area contributed by atoms with Gasteiger partial charge in [-0.05, 0) is 37.1 Å². The summed E-state index contributed by atoms with van der Waals surface area (Å²) >= 11 is 0. The lowest BCUT2D eigenvalue weighted by molar-refractivity contribution is 0.277. The second-order valence-electron chi connectivity index (χ2n) is 6.47. The zero-order valence-corrected chi connectivity index (χ0v) is 13.0. The molecule has 1 aromatic carbocycles. The van der Waals surface area contributed by atoms with Crippen molar-refractivity contribution < 1.29 is 9.26 Å². The first-order chi connectivity index (χ1) is 11.2. The average Bonchev–Trinajstić information content (AvgIpc) is 2.88. The minimum atomic E-state index is 0.461. The Labute approximate surface area is 133 Å². The number of aryl methyl sites for hydroxylation is 2. The molecule has 3 atom stereocenters. The molecule has 1 fully saturated rings. The van der Waals surface area contributed by atoms with Crippen molar-refractivity contribution in [1.29, 1.82) is 0 Å². The number of ether oxygens (including phenoxy) is 1. The normalized spacial score (nSPS) is 24.7.